The molecule has 1 aliphatic carbocycles. The number of nitrogens with zero attached hydrogens (tertiary/aromatic N) is 2. The van der Waals surface area contributed by atoms with Crippen LogP contribution in [0.15, 0.2) is 0 Å². The highest BCUT2D eigenvalue weighted by Crippen LogP contribution is 2.22. The van der Waals surface area contributed by atoms with Crippen LogP contribution in [0.5, 0.6) is 0 Å². The first-order chi connectivity index (χ1) is 9.78. The SMILES string of the molecule is O=C(CN1CCN(CCO)CC1)NCC1CCCCC1. The number of carbonyl (C=O) groups is 1. The van der Waals surface area contributed by atoms with E-state index in [1.54, 1.807) is 0 Å². The molecule has 5 heteroatoms. The Morgan fingerprint density at radius 3 is 2.35 bits per heavy atom. The van der Waals surface area contributed by atoms with Crippen LogP contribution in [0.2, 0.25) is 0 Å². The molecule has 0 spiro atoms. The first kappa shape index (κ1) is 15.7. The fraction of sp³-hybridized carbons (Fsp3) is 0.933. The van der Waals surface area contributed by atoms with Gasteiger partial charge in [0.25, 0.3) is 0 Å². The van der Waals surface area contributed by atoms with E-state index < -0.39 is 0 Å². The van der Waals surface area contributed by atoms with E-state index in [4.69, 9.17) is 5.11 Å². The molecule has 0 bridgehead atoms. The number of β-amino-alcohol motifs (C(OH)–C–C–N with tert-alkyl or cyclic N) is 1. The molecule has 2 rings (SSSR count). The van der Waals surface area contributed by atoms with Crippen LogP contribution in [0.4, 0.5) is 0 Å². The lowest BCUT2D eigenvalue weighted by atomic mass is 9.89. The van der Waals surface area contributed by atoms with Gasteiger partial charge < -0.3 is 10.4 Å². The standard InChI is InChI=1S/C15H29N3O2/c19-11-10-17-6-8-18(9-7-17)13-15(20)16-12-14-4-2-1-3-5-14/h14,19H,1-13H2,(H,16,20). The van der Waals surface area contributed by atoms with Crippen molar-refractivity contribution in [2.24, 2.45) is 5.92 Å². The van der Waals surface area contributed by atoms with Gasteiger partial charge in [0.2, 0.25) is 5.91 Å². The number of hydrogen-bond donors (Lipinski definition) is 2. The molecular formula is C15H29N3O2. The van der Waals surface area contributed by atoms with Crippen molar-refractivity contribution in [3.8, 4) is 0 Å². The van der Waals surface area contributed by atoms with E-state index in [1.807, 2.05) is 0 Å². The molecule has 1 amide bonds. The first-order valence-electron chi connectivity index (χ1n) is 8.10. The van der Waals surface area contributed by atoms with Crippen molar-refractivity contribution in [2.75, 3.05) is 52.4 Å². The summed E-state index contributed by atoms with van der Waals surface area (Å²) in [4.78, 5) is 16.4. The van der Waals surface area contributed by atoms with Crippen LogP contribution in [-0.2, 0) is 4.79 Å². The average Bonchev–Trinajstić information content (AvgIpc) is 2.49. The summed E-state index contributed by atoms with van der Waals surface area (Å²) in [7, 11) is 0. The second-order valence-corrected chi connectivity index (χ2v) is 6.15. The molecule has 0 radical (unpaired) electrons. The summed E-state index contributed by atoms with van der Waals surface area (Å²) in [6.45, 7) is 6.13. The molecule has 0 aromatic heterocycles. The molecule has 1 saturated carbocycles. The van der Waals surface area contributed by atoms with Crippen molar-refractivity contribution < 1.29 is 9.90 Å². The molecule has 1 saturated heterocycles. The molecule has 5 nitrogen and oxygen atoms in total. The Hall–Kier alpha value is -0.650. The number of piperazine rings is 1. The van der Waals surface area contributed by atoms with Crippen LogP contribution in [-0.4, -0.2) is 73.2 Å². The minimum Gasteiger partial charge on any atom is -0.395 e. The van der Waals surface area contributed by atoms with Gasteiger partial charge in [-0.3, -0.25) is 14.6 Å². The Balaban J connectivity index is 1.57. The zero-order chi connectivity index (χ0) is 14.2. The lowest BCUT2D eigenvalue weighted by molar-refractivity contribution is -0.122. The van der Waals surface area contributed by atoms with E-state index in [2.05, 4.69) is 15.1 Å². The second-order valence-electron chi connectivity index (χ2n) is 6.15. The first-order valence-corrected chi connectivity index (χ1v) is 8.10. The van der Waals surface area contributed by atoms with E-state index in [0.717, 1.165) is 39.3 Å². The number of nitrogens with one attached hydrogen (secondary N) is 1. The predicted molar refractivity (Wildman–Crippen MR) is 79.6 cm³/mol. The van der Waals surface area contributed by atoms with Crippen LogP contribution < -0.4 is 5.32 Å². The van der Waals surface area contributed by atoms with E-state index >= 15 is 0 Å². The van der Waals surface area contributed by atoms with E-state index in [9.17, 15) is 4.79 Å². The maximum Gasteiger partial charge on any atom is 0.234 e. The predicted octanol–water partition coefficient (Wildman–Crippen LogP) is 0.293. The van der Waals surface area contributed by atoms with Crippen LogP contribution in [0.3, 0.4) is 0 Å². The normalized spacial score (nSPS) is 22.9. The fourth-order valence-corrected chi connectivity index (χ4v) is 3.22. The number of hydrogen-bond acceptors (Lipinski definition) is 4. The zero-order valence-electron chi connectivity index (χ0n) is 12.5. The highest BCUT2D eigenvalue weighted by molar-refractivity contribution is 5.78. The smallest absolute Gasteiger partial charge is 0.234 e. The number of aliphatic hydroxyl groups is 1. The Morgan fingerprint density at radius 2 is 1.70 bits per heavy atom. The van der Waals surface area contributed by atoms with E-state index in [-0.39, 0.29) is 12.5 Å². The highest BCUT2D eigenvalue weighted by Gasteiger charge is 2.19. The molecule has 0 aromatic rings. The van der Waals surface area contributed by atoms with Crippen LogP contribution in [0.1, 0.15) is 32.1 Å². The summed E-state index contributed by atoms with van der Waals surface area (Å²) in [5, 5.41) is 12.0. The van der Waals surface area contributed by atoms with Crippen molar-refractivity contribution in [3.63, 3.8) is 0 Å². The van der Waals surface area contributed by atoms with Crippen LogP contribution >= 0.6 is 0 Å². The summed E-state index contributed by atoms with van der Waals surface area (Å²) in [6, 6.07) is 0. The minimum absolute atomic E-state index is 0.172. The summed E-state index contributed by atoms with van der Waals surface area (Å²) < 4.78 is 0. The Bertz CT molecular complexity index is 285. The minimum atomic E-state index is 0.172. The molecular weight excluding hydrogens is 254 g/mol. The van der Waals surface area contributed by atoms with Gasteiger partial charge >= 0.3 is 0 Å². The van der Waals surface area contributed by atoms with E-state index in [0.29, 0.717) is 12.5 Å². The lowest BCUT2D eigenvalue weighted by Crippen LogP contribution is -2.50. The zero-order valence-corrected chi connectivity index (χ0v) is 12.5. The molecule has 1 heterocycles. The monoisotopic (exact) mass is 283 g/mol. The topological polar surface area (TPSA) is 55.8 Å². The van der Waals surface area contributed by atoms with Crippen molar-refractivity contribution in [1.82, 2.24) is 15.1 Å². The summed E-state index contributed by atoms with van der Waals surface area (Å²) >= 11 is 0. The largest absolute Gasteiger partial charge is 0.395 e. The molecule has 116 valence electrons. The van der Waals surface area contributed by atoms with Gasteiger partial charge in [0.05, 0.1) is 13.2 Å². The van der Waals surface area contributed by atoms with Crippen molar-refractivity contribution in [3.05, 3.63) is 0 Å². The summed E-state index contributed by atoms with van der Waals surface area (Å²) in [6.07, 6.45) is 6.57. The third kappa shape index (κ3) is 5.38. The van der Waals surface area contributed by atoms with Crippen molar-refractivity contribution in [2.45, 2.75) is 32.1 Å². The fourth-order valence-electron chi connectivity index (χ4n) is 3.22. The number of amides is 1. The quantitative estimate of drug-likeness (QED) is 0.736. The van der Waals surface area contributed by atoms with Gasteiger partial charge in [-0.1, -0.05) is 19.3 Å². The number of rotatable bonds is 6. The van der Waals surface area contributed by atoms with Crippen LogP contribution in [0.25, 0.3) is 0 Å². The second kappa shape index (κ2) is 8.60. The molecule has 20 heavy (non-hydrogen) atoms. The molecule has 2 fully saturated rings. The molecule has 2 N–H and O–H groups in total. The Morgan fingerprint density at radius 1 is 1.05 bits per heavy atom. The van der Waals surface area contributed by atoms with Gasteiger partial charge in [0.15, 0.2) is 0 Å². The Kier molecular flexibility index (Phi) is 6.76. The number of carbonyl (C=O) groups excluding carboxylic acids is 1. The Labute approximate surface area is 122 Å². The maximum absolute atomic E-state index is 12.0. The van der Waals surface area contributed by atoms with Gasteiger partial charge in [-0.25, -0.2) is 0 Å². The third-order valence-electron chi connectivity index (χ3n) is 4.56. The van der Waals surface area contributed by atoms with E-state index in [1.165, 1.54) is 32.1 Å². The van der Waals surface area contributed by atoms with Gasteiger partial charge in [0.1, 0.15) is 0 Å². The van der Waals surface area contributed by atoms with Gasteiger partial charge in [-0.05, 0) is 18.8 Å². The van der Waals surface area contributed by atoms with Crippen molar-refractivity contribution >= 4 is 5.91 Å². The summed E-state index contributed by atoms with van der Waals surface area (Å²) in [5.74, 6) is 0.875. The van der Waals surface area contributed by atoms with Crippen molar-refractivity contribution in [1.29, 1.82) is 0 Å². The molecule has 2 aliphatic rings. The molecule has 1 aliphatic heterocycles. The third-order valence-corrected chi connectivity index (χ3v) is 4.56. The number of aliphatic hydroxyl groups excluding tert-OH is 1. The average molecular weight is 283 g/mol. The lowest BCUT2D eigenvalue weighted by Gasteiger charge is -2.34. The summed E-state index contributed by atoms with van der Waals surface area (Å²) in [5.41, 5.74) is 0. The molecule has 0 unspecified atom stereocenters. The van der Waals surface area contributed by atoms with Gasteiger partial charge in [0, 0.05) is 39.3 Å². The molecule has 0 atom stereocenters. The van der Waals surface area contributed by atoms with Gasteiger partial charge in [-0.2, -0.15) is 0 Å². The van der Waals surface area contributed by atoms with Gasteiger partial charge in [-0.15, -0.1) is 0 Å². The maximum atomic E-state index is 12.0. The molecule has 0 aromatic carbocycles. The van der Waals surface area contributed by atoms with Crippen LogP contribution in [0, 0.1) is 5.92 Å². The highest BCUT2D eigenvalue weighted by atomic mass is 16.3.